The Hall–Kier alpha value is -3.23. The molecule has 1 N–H and O–H groups in total. The number of hydrogen-bond donors (Lipinski definition) is 1. The molecule has 0 atom stereocenters. The van der Waals surface area contributed by atoms with Gasteiger partial charge in [-0.05, 0) is 41.1 Å². The van der Waals surface area contributed by atoms with Crippen molar-refractivity contribution < 1.29 is 9.53 Å². The molecule has 0 radical (unpaired) electrons. The summed E-state index contributed by atoms with van der Waals surface area (Å²) >= 11 is 0. The molecule has 0 aliphatic heterocycles. The Bertz CT molecular complexity index is 810. The molecule has 0 aliphatic rings. The molecule has 0 unspecified atom stereocenters. The molecule has 23 heavy (non-hydrogen) atoms. The summed E-state index contributed by atoms with van der Waals surface area (Å²) in [5, 5.41) is 17.9. The van der Waals surface area contributed by atoms with Crippen LogP contribution in [-0.4, -0.2) is 43.0 Å². The number of tetrazole rings is 1. The highest BCUT2D eigenvalue weighted by molar-refractivity contribution is 5.91. The van der Waals surface area contributed by atoms with E-state index in [9.17, 15) is 4.79 Å². The fraction of sp³-hybridized carbons (Fsp3) is 0.214. The Morgan fingerprint density at radius 1 is 1.39 bits per heavy atom. The largest absolute Gasteiger partial charge is 0.494 e. The van der Waals surface area contributed by atoms with E-state index in [1.165, 1.54) is 11.0 Å². The van der Waals surface area contributed by atoms with Crippen molar-refractivity contribution in [2.24, 2.45) is 0 Å². The van der Waals surface area contributed by atoms with Crippen LogP contribution in [0.15, 0.2) is 36.9 Å². The standard InChI is InChI=1S/C14H15N7O2/c1-10-6-16-20(7-10)8-14(22)17-11-3-4-13(23-2)12(5-11)21-9-15-18-19-21/h3-7,9H,8H2,1-2H3,(H,17,22). The van der Waals surface area contributed by atoms with Gasteiger partial charge in [0, 0.05) is 11.9 Å². The lowest BCUT2D eigenvalue weighted by Gasteiger charge is -2.11. The van der Waals surface area contributed by atoms with Crippen LogP contribution in [0.3, 0.4) is 0 Å². The molecule has 9 heteroatoms. The first kappa shape index (κ1) is 14.7. The molecule has 2 aromatic heterocycles. The second-order valence-corrected chi connectivity index (χ2v) is 4.90. The van der Waals surface area contributed by atoms with E-state index in [4.69, 9.17) is 4.74 Å². The number of hydrogen-bond acceptors (Lipinski definition) is 6. The van der Waals surface area contributed by atoms with Crippen LogP contribution in [0.25, 0.3) is 5.69 Å². The number of carbonyl (C=O) groups excluding carboxylic acids is 1. The number of aromatic nitrogens is 6. The van der Waals surface area contributed by atoms with E-state index in [0.29, 0.717) is 17.1 Å². The van der Waals surface area contributed by atoms with Crippen LogP contribution in [0.1, 0.15) is 5.56 Å². The maximum atomic E-state index is 12.1. The van der Waals surface area contributed by atoms with Crippen molar-refractivity contribution in [2.75, 3.05) is 12.4 Å². The Labute approximate surface area is 131 Å². The van der Waals surface area contributed by atoms with Gasteiger partial charge in [-0.25, -0.2) is 0 Å². The number of nitrogens with zero attached hydrogens (tertiary/aromatic N) is 6. The third-order valence-corrected chi connectivity index (χ3v) is 3.13. The minimum atomic E-state index is -0.180. The lowest BCUT2D eigenvalue weighted by atomic mass is 10.2. The van der Waals surface area contributed by atoms with Gasteiger partial charge in [-0.1, -0.05) is 0 Å². The van der Waals surface area contributed by atoms with E-state index in [-0.39, 0.29) is 12.5 Å². The Balaban J connectivity index is 1.78. The third-order valence-electron chi connectivity index (χ3n) is 3.13. The van der Waals surface area contributed by atoms with E-state index < -0.39 is 0 Å². The van der Waals surface area contributed by atoms with Gasteiger partial charge in [0.25, 0.3) is 0 Å². The number of nitrogens with one attached hydrogen (secondary N) is 1. The summed E-state index contributed by atoms with van der Waals surface area (Å²) in [5.74, 6) is 0.416. The molecule has 1 amide bonds. The lowest BCUT2D eigenvalue weighted by Crippen LogP contribution is -2.19. The molecule has 9 nitrogen and oxygen atoms in total. The smallest absolute Gasteiger partial charge is 0.246 e. The number of amides is 1. The summed E-state index contributed by atoms with van der Waals surface area (Å²) in [4.78, 5) is 12.1. The number of methoxy groups -OCH3 is 1. The highest BCUT2D eigenvalue weighted by Crippen LogP contribution is 2.25. The van der Waals surface area contributed by atoms with E-state index in [2.05, 4.69) is 25.9 Å². The molecule has 0 bridgehead atoms. The highest BCUT2D eigenvalue weighted by atomic mass is 16.5. The van der Waals surface area contributed by atoms with Crippen LogP contribution >= 0.6 is 0 Å². The van der Waals surface area contributed by atoms with Crippen LogP contribution in [0.4, 0.5) is 5.69 Å². The molecule has 0 spiro atoms. The molecule has 2 heterocycles. The average Bonchev–Trinajstić information content (AvgIpc) is 3.19. The second-order valence-electron chi connectivity index (χ2n) is 4.90. The molecule has 3 aromatic rings. The minimum Gasteiger partial charge on any atom is -0.494 e. The quantitative estimate of drug-likeness (QED) is 0.748. The van der Waals surface area contributed by atoms with Gasteiger partial charge in [0.2, 0.25) is 5.91 Å². The normalized spacial score (nSPS) is 10.5. The van der Waals surface area contributed by atoms with Crippen molar-refractivity contribution in [1.82, 2.24) is 30.0 Å². The van der Waals surface area contributed by atoms with Gasteiger partial charge in [-0.3, -0.25) is 9.48 Å². The van der Waals surface area contributed by atoms with E-state index in [1.807, 2.05) is 6.92 Å². The number of ether oxygens (including phenoxy) is 1. The van der Waals surface area contributed by atoms with Crippen molar-refractivity contribution in [3.8, 4) is 11.4 Å². The van der Waals surface area contributed by atoms with Crippen LogP contribution < -0.4 is 10.1 Å². The first-order valence-corrected chi connectivity index (χ1v) is 6.86. The number of benzene rings is 1. The van der Waals surface area contributed by atoms with E-state index >= 15 is 0 Å². The molecular weight excluding hydrogens is 298 g/mol. The van der Waals surface area contributed by atoms with Crippen LogP contribution in [0.2, 0.25) is 0 Å². The molecule has 0 saturated heterocycles. The summed E-state index contributed by atoms with van der Waals surface area (Å²) in [5.41, 5.74) is 2.25. The van der Waals surface area contributed by atoms with Gasteiger partial charge in [0.15, 0.2) is 0 Å². The van der Waals surface area contributed by atoms with Gasteiger partial charge >= 0.3 is 0 Å². The Kier molecular flexibility index (Phi) is 4.00. The first-order valence-electron chi connectivity index (χ1n) is 6.86. The maximum Gasteiger partial charge on any atom is 0.246 e. The predicted molar refractivity (Wildman–Crippen MR) is 81.3 cm³/mol. The van der Waals surface area contributed by atoms with Crippen molar-refractivity contribution in [2.45, 2.75) is 13.5 Å². The monoisotopic (exact) mass is 313 g/mol. The van der Waals surface area contributed by atoms with Gasteiger partial charge < -0.3 is 10.1 Å². The van der Waals surface area contributed by atoms with Crippen molar-refractivity contribution in [3.63, 3.8) is 0 Å². The minimum absolute atomic E-state index is 0.139. The SMILES string of the molecule is COc1ccc(NC(=O)Cn2cc(C)cn2)cc1-n1cnnn1. The first-order chi connectivity index (χ1) is 11.2. The van der Waals surface area contributed by atoms with Crippen LogP contribution in [0.5, 0.6) is 5.75 Å². The van der Waals surface area contributed by atoms with Crippen LogP contribution in [-0.2, 0) is 11.3 Å². The summed E-state index contributed by atoms with van der Waals surface area (Å²) in [7, 11) is 1.56. The molecule has 0 saturated carbocycles. The predicted octanol–water partition coefficient (Wildman–Crippen LogP) is 0.815. The zero-order chi connectivity index (χ0) is 16.2. The van der Waals surface area contributed by atoms with E-state index in [0.717, 1.165) is 5.56 Å². The van der Waals surface area contributed by atoms with Gasteiger partial charge in [0.1, 0.15) is 24.3 Å². The molecule has 0 aliphatic carbocycles. The second kappa shape index (κ2) is 6.26. The van der Waals surface area contributed by atoms with Crippen molar-refractivity contribution in [1.29, 1.82) is 0 Å². The van der Waals surface area contributed by atoms with Gasteiger partial charge in [-0.15, -0.1) is 5.10 Å². The molecule has 3 rings (SSSR count). The van der Waals surface area contributed by atoms with Crippen molar-refractivity contribution in [3.05, 3.63) is 42.5 Å². The molecular formula is C14H15N7O2. The summed E-state index contributed by atoms with van der Waals surface area (Å²) in [6.07, 6.45) is 4.96. The Morgan fingerprint density at radius 2 is 2.26 bits per heavy atom. The zero-order valence-corrected chi connectivity index (χ0v) is 12.7. The van der Waals surface area contributed by atoms with E-state index in [1.54, 1.807) is 42.4 Å². The fourth-order valence-corrected chi connectivity index (χ4v) is 2.12. The lowest BCUT2D eigenvalue weighted by molar-refractivity contribution is -0.116. The Morgan fingerprint density at radius 3 is 2.91 bits per heavy atom. The van der Waals surface area contributed by atoms with Crippen LogP contribution in [0, 0.1) is 6.92 Å². The third kappa shape index (κ3) is 3.34. The number of anilines is 1. The topological polar surface area (TPSA) is 99.8 Å². The molecule has 1 aromatic carbocycles. The number of rotatable bonds is 5. The number of carbonyl (C=O) groups is 1. The fourth-order valence-electron chi connectivity index (χ4n) is 2.12. The maximum absolute atomic E-state index is 12.1. The molecule has 0 fully saturated rings. The van der Waals surface area contributed by atoms with Gasteiger partial charge in [-0.2, -0.15) is 9.78 Å². The molecule has 118 valence electrons. The summed E-state index contributed by atoms with van der Waals surface area (Å²) in [6.45, 7) is 2.06. The summed E-state index contributed by atoms with van der Waals surface area (Å²) < 4.78 is 8.33. The summed E-state index contributed by atoms with van der Waals surface area (Å²) in [6, 6.07) is 5.23. The van der Waals surface area contributed by atoms with Crippen molar-refractivity contribution >= 4 is 11.6 Å². The number of aryl methyl sites for hydroxylation is 1. The highest BCUT2D eigenvalue weighted by Gasteiger charge is 2.10. The average molecular weight is 313 g/mol. The van der Waals surface area contributed by atoms with Gasteiger partial charge in [0.05, 0.1) is 13.3 Å². The zero-order valence-electron chi connectivity index (χ0n) is 12.7.